The molecule has 2 aromatic rings. The molecule has 0 aliphatic heterocycles. The largest absolute Gasteiger partial charge is 0.382 e. The lowest BCUT2D eigenvalue weighted by Crippen LogP contribution is -1.99. The Morgan fingerprint density at radius 1 is 1.44 bits per heavy atom. The van der Waals surface area contributed by atoms with Crippen molar-refractivity contribution in [2.45, 2.75) is 0 Å². The van der Waals surface area contributed by atoms with Gasteiger partial charge in [0.15, 0.2) is 5.82 Å². The van der Waals surface area contributed by atoms with Crippen LogP contribution in [0.2, 0.25) is 0 Å². The summed E-state index contributed by atoms with van der Waals surface area (Å²) in [5.41, 5.74) is 6.15. The topological polar surface area (TPSA) is 119 Å². The molecule has 7 heteroatoms. The smallest absolute Gasteiger partial charge is 0.270 e. The minimum atomic E-state index is -0.503. The Labute approximate surface area is 102 Å². The van der Waals surface area contributed by atoms with Gasteiger partial charge in [0.05, 0.1) is 11.1 Å². The van der Waals surface area contributed by atoms with E-state index in [0.717, 1.165) is 0 Å². The molecule has 0 atom stereocenters. The van der Waals surface area contributed by atoms with Crippen LogP contribution < -0.4 is 5.73 Å². The Kier molecular flexibility index (Phi) is 2.85. The maximum absolute atomic E-state index is 10.6. The maximum Gasteiger partial charge on any atom is 0.270 e. The lowest BCUT2D eigenvalue weighted by molar-refractivity contribution is -0.384. The zero-order chi connectivity index (χ0) is 13.1. The summed E-state index contributed by atoms with van der Waals surface area (Å²) in [6.07, 6.45) is 1.29. The van der Waals surface area contributed by atoms with E-state index in [1.807, 2.05) is 6.07 Å². The van der Waals surface area contributed by atoms with Crippen LogP contribution >= 0.6 is 0 Å². The van der Waals surface area contributed by atoms with Gasteiger partial charge in [-0.3, -0.25) is 10.1 Å². The normalized spacial score (nSPS) is 9.72. The average molecular weight is 241 g/mol. The number of nitrogens with two attached hydrogens (primary N) is 1. The Bertz CT molecular complexity index is 663. The van der Waals surface area contributed by atoms with Crippen LogP contribution in [0, 0.1) is 21.4 Å². The van der Waals surface area contributed by atoms with Crippen molar-refractivity contribution in [3.63, 3.8) is 0 Å². The van der Waals surface area contributed by atoms with E-state index in [1.165, 1.54) is 24.4 Å². The van der Waals surface area contributed by atoms with Gasteiger partial charge >= 0.3 is 0 Å². The van der Waals surface area contributed by atoms with Gasteiger partial charge in [0.2, 0.25) is 0 Å². The van der Waals surface area contributed by atoms with Gasteiger partial charge in [0, 0.05) is 17.7 Å². The number of nitro benzene ring substituents is 1. The first-order chi connectivity index (χ1) is 8.61. The summed E-state index contributed by atoms with van der Waals surface area (Å²) in [7, 11) is 0. The van der Waals surface area contributed by atoms with Crippen LogP contribution in [0.3, 0.4) is 0 Å². The van der Waals surface area contributed by atoms with Crippen molar-refractivity contribution in [3.8, 4) is 17.5 Å². The monoisotopic (exact) mass is 241 g/mol. The highest BCUT2D eigenvalue weighted by molar-refractivity contribution is 5.62. The molecule has 0 aliphatic rings. The molecule has 88 valence electrons. The zero-order valence-corrected chi connectivity index (χ0v) is 9.07. The quantitative estimate of drug-likeness (QED) is 0.628. The van der Waals surface area contributed by atoms with Crippen LogP contribution in [0.5, 0.6) is 0 Å². The van der Waals surface area contributed by atoms with E-state index in [-0.39, 0.29) is 22.9 Å². The minimum absolute atomic E-state index is 0.0500. The highest BCUT2D eigenvalue weighted by Gasteiger charge is 2.10. The summed E-state index contributed by atoms with van der Waals surface area (Å²) in [6, 6.07) is 7.73. The van der Waals surface area contributed by atoms with Gasteiger partial charge in [-0.15, -0.1) is 0 Å². The highest BCUT2D eigenvalue weighted by atomic mass is 16.6. The average Bonchev–Trinajstić information content (AvgIpc) is 2.38. The second kappa shape index (κ2) is 4.47. The van der Waals surface area contributed by atoms with Crippen molar-refractivity contribution >= 4 is 11.5 Å². The van der Waals surface area contributed by atoms with Crippen LogP contribution in [-0.4, -0.2) is 14.9 Å². The van der Waals surface area contributed by atoms with Crippen LogP contribution in [0.15, 0.2) is 30.5 Å². The summed E-state index contributed by atoms with van der Waals surface area (Å²) in [6.45, 7) is 0. The number of anilines is 1. The molecule has 0 saturated carbocycles. The van der Waals surface area contributed by atoms with Crippen LogP contribution in [0.4, 0.5) is 11.5 Å². The van der Waals surface area contributed by atoms with Gasteiger partial charge in [0.1, 0.15) is 17.5 Å². The number of hydrogen-bond donors (Lipinski definition) is 1. The summed E-state index contributed by atoms with van der Waals surface area (Å²) in [5, 5.41) is 19.3. The molecule has 1 heterocycles. The second-order valence-corrected chi connectivity index (χ2v) is 3.41. The molecule has 1 aromatic heterocycles. The Balaban J connectivity index is 2.49. The number of non-ortho nitro benzene ring substituents is 1. The molecule has 18 heavy (non-hydrogen) atoms. The lowest BCUT2D eigenvalue weighted by atomic mass is 10.2. The van der Waals surface area contributed by atoms with Gasteiger partial charge < -0.3 is 5.73 Å². The fraction of sp³-hybridized carbons (Fsp3) is 0. The van der Waals surface area contributed by atoms with E-state index in [1.54, 1.807) is 6.07 Å². The third-order valence-electron chi connectivity index (χ3n) is 2.25. The molecule has 0 amide bonds. The standard InChI is InChI=1S/C11H7N5O2/c12-5-8-6-14-11(15-10(8)13)7-2-1-3-9(4-7)16(17)18/h1-4,6H,(H2,13,14,15). The fourth-order valence-corrected chi connectivity index (χ4v) is 1.38. The molecule has 0 bridgehead atoms. The number of nitrogens with zero attached hydrogens (tertiary/aromatic N) is 4. The minimum Gasteiger partial charge on any atom is -0.382 e. The van der Waals surface area contributed by atoms with Crippen molar-refractivity contribution in [3.05, 3.63) is 46.1 Å². The van der Waals surface area contributed by atoms with Crippen LogP contribution in [0.1, 0.15) is 5.56 Å². The molecule has 0 saturated heterocycles. The summed E-state index contributed by atoms with van der Waals surface area (Å²) in [5.74, 6) is 0.296. The van der Waals surface area contributed by atoms with Gasteiger partial charge in [-0.05, 0) is 0 Å². The molecule has 2 rings (SSSR count). The number of nitriles is 1. The van der Waals surface area contributed by atoms with Gasteiger partial charge in [-0.2, -0.15) is 5.26 Å². The van der Waals surface area contributed by atoms with E-state index in [9.17, 15) is 10.1 Å². The zero-order valence-electron chi connectivity index (χ0n) is 9.07. The van der Waals surface area contributed by atoms with E-state index in [2.05, 4.69) is 9.97 Å². The van der Waals surface area contributed by atoms with Crippen molar-refractivity contribution in [2.24, 2.45) is 0 Å². The van der Waals surface area contributed by atoms with Crippen molar-refractivity contribution in [2.75, 3.05) is 5.73 Å². The first-order valence-corrected chi connectivity index (χ1v) is 4.89. The van der Waals surface area contributed by atoms with E-state index in [0.29, 0.717) is 5.56 Å². The second-order valence-electron chi connectivity index (χ2n) is 3.41. The molecule has 0 fully saturated rings. The number of nitrogen functional groups attached to an aromatic ring is 1. The third kappa shape index (κ3) is 2.08. The third-order valence-corrected chi connectivity index (χ3v) is 2.25. The predicted octanol–water partition coefficient (Wildman–Crippen LogP) is 1.51. The molecular weight excluding hydrogens is 234 g/mol. The number of rotatable bonds is 2. The Morgan fingerprint density at radius 3 is 2.83 bits per heavy atom. The fourth-order valence-electron chi connectivity index (χ4n) is 1.38. The molecule has 0 radical (unpaired) electrons. The van der Waals surface area contributed by atoms with Crippen LogP contribution in [-0.2, 0) is 0 Å². The van der Waals surface area contributed by atoms with Gasteiger partial charge in [-0.1, -0.05) is 12.1 Å². The molecular formula is C11H7N5O2. The number of aromatic nitrogens is 2. The highest BCUT2D eigenvalue weighted by Crippen LogP contribution is 2.21. The molecule has 1 aromatic carbocycles. The van der Waals surface area contributed by atoms with E-state index in [4.69, 9.17) is 11.0 Å². The van der Waals surface area contributed by atoms with E-state index < -0.39 is 4.92 Å². The first kappa shape index (κ1) is 11.5. The predicted molar refractivity (Wildman–Crippen MR) is 63.2 cm³/mol. The molecule has 7 nitrogen and oxygen atoms in total. The molecule has 2 N–H and O–H groups in total. The Hall–Kier alpha value is -3.01. The van der Waals surface area contributed by atoms with Crippen LogP contribution in [0.25, 0.3) is 11.4 Å². The Morgan fingerprint density at radius 2 is 2.22 bits per heavy atom. The van der Waals surface area contributed by atoms with Crippen molar-refractivity contribution < 1.29 is 4.92 Å². The number of nitro groups is 1. The lowest BCUT2D eigenvalue weighted by Gasteiger charge is -2.02. The molecule has 0 spiro atoms. The van der Waals surface area contributed by atoms with E-state index >= 15 is 0 Å². The summed E-state index contributed by atoms with van der Waals surface area (Å²) in [4.78, 5) is 18.0. The van der Waals surface area contributed by atoms with Gasteiger partial charge in [-0.25, -0.2) is 9.97 Å². The van der Waals surface area contributed by atoms with Crippen molar-refractivity contribution in [1.82, 2.24) is 9.97 Å². The molecule has 0 aliphatic carbocycles. The maximum atomic E-state index is 10.6. The van der Waals surface area contributed by atoms with Crippen molar-refractivity contribution in [1.29, 1.82) is 5.26 Å². The number of benzene rings is 1. The summed E-state index contributed by atoms with van der Waals surface area (Å²) < 4.78 is 0. The SMILES string of the molecule is N#Cc1cnc(-c2cccc([N+](=O)[O-])c2)nc1N. The number of hydrogen-bond acceptors (Lipinski definition) is 6. The summed E-state index contributed by atoms with van der Waals surface area (Å²) >= 11 is 0. The van der Waals surface area contributed by atoms with Gasteiger partial charge in [0.25, 0.3) is 5.69 Å². The first-order valence-electron chi connectivity index (χ1n) is 4.89. The molecule has 0 unspecified atom stereocenters.